The van der Waals surface area contributed by atoms with Crippen molar-refractivity contribution in [1.29, 1.82) is 5.26 Å². The van der Waals surface area contributed by atoms with Gasteiger partial charge in [0.25, 0.3) is 5.91 Å². The highest BCUT2D eigenvalue weighted by Gasteiger charge is 2.31. The van der Waals surface area contributed by atoms with Crippen LogP contribution >= 0.6 is 0 Å². The fourth-order valence-electron chi connectivity index (χ4n) is 4.23. The number of rotatable bonds is 4. The Morgan fingerprint density at radius 1 is 1.31 bits per heavy atom. The van der Waals surface area contributed by atoms with Gasteiger partial charge in [-0.15, -0.1) is 0 Å². The first-order valence-corrected chi connectivity index (χ1v) is 10.6. The lowest BCUT2D eigenvalue weighted by Crippen LogP contribution is -2.39. The highest BCUT2D eigenvalue weighted by molar-refractivity contribution is 5.94. The minimum absolute atomic E-state index is 0.102. The van der Waals surface area contributed by atoms with Crippen LogP contribution in [0.15, 0.2) is 18.3 Å². The lowest BCUT2D eigenvalue weighted by atomic mass is 9.86. The molecule has 4 rings (SSSR count). The van der Waals surface area contributed by atoms with Gasteiger partial charge in [-0.25, -0.2) is 9.37 Å². The second-order valence-electron chi connectivity index (χ2n) is 8.30. The number of aromatic nitrogens is 2. The van der Waals surface area contributed by atoms with Crippen LogP contribution in [0.25, 0.3) is 0 Å². The fourth-order valence-corrected chi connectivity index (χ4v) is 4.23. The zero-order valence-electron chi connectivity index (χ0n) is 18.1. The zero-order valence-corrected chi connectivity index (χ0v) is 18.1. The summed E-state index contributed by atoms with van der Waals surface area (Å²) in [6.07, 6.45) is 5.19. The van der Waals surface area contributed by atoms with Crippen LogP contribution in [0.3, 0.4) is 0 Å². The first kappa shape index (κ1) is 21.8. The van der Waals surface area contributed by atoms with Gasteiger partial charge in [-0.1, -0.05) is 0 Å². The number of amides is 1. The third-order valence-electron chi connectivity index (χ3n) is 6.09. The number of carbonyl (C=O) groups excluding carboxylic acids is 1. The van der Waals surface area contributed by atoms with E-state index in [1.54, 1.807) is 13.1 Å². The average Bonchev–Trinajstić information content (AvgIpc) is 2.94. The highest BCUT2D eigenvalue weighted by Crippen LogP contribution is 2.36. The summed E-state index contributed by atoms with van der Waals surface area (Å²) in [4.78, 5) is 24.6. The summed E-state index contributed by atoms with van der Waals surface area (Å²) in [5.41, 5.74) is 7.00. The molecule has 1 aliphatic heterocycles. The van der Waals surface area contributed by atoms with Crippen LogP contribution < -0.4 is 20.9 Å². The van der Waals surface area contributed by atoms with E-state index in [9.17, 15) is 14.4 Å². The van der Waals surface area contributed by atoms with Gasteiger partial charge in [0.15, 0.2) is 5.82 Å². The van der Waals surface area contributed by atoms with E-state index in [2.05, 4.69) is 21.3 Å². The number of halogens is 1. The summed E-state index contributed by atoms with van der Waals surface area (Å²) in [7, 11) is 1.91. The molecule has 1 aromatic heterocycles. The lowest BCUT2D eigenvalue weighted by molar-refractivity contribution is 0.0996. The Bertz CT molecular complexity index is 1060. The number of carbonyl (C=O) groups is 1. The van der Waals surface area contributed by atoms with Gasteiger partial charge < -0.3 is 25.6 Å². The Morgan fingerprint density at radius 3 is 2.75 bits per heavy atom. The van der Waals surface area contributed by atoms with Crippen LogP contribution in [0.5, 0.6) is 0 Å². The van der Waals surface area contributed by atoms with Crippen molar-refractivity contribution in [3.05, 3.63) is 35.3 Å². The van der Waals surface area contributed by atoms with Crippen molar-refractivity contribution in [2.24, 2.45) is 11.7 Å². The number of aryl methyl sites for hydroxylation is 1. The first-order chi connectivity index (χ1) is 15.4. The van der Waals surface area contributed by atoms with E-state index in [-0.39, 0.29) is 17.5 Å². The Kier molecular flexibility index (Phi) is 6.10. The SMILES string of the molecule is Cc1cc(C(N)=O)c(F)cc1Nc1ncc2c(n1)N(C1CCC(C#N)CC1)COCN2C. The van der Waals surface area contributed by atoms with Gasteiger partial charge in [0.1, 0.15) is 25.0 Å². The van der Waals surface area contributed by atoms with Gasteiger partial charge in [0.05, 0.1) is 17.8 Å². The molecule has 1 fully saturated rings. The molecule has 2 aromatic rings. The summed E-state index contributed by atoms with van der Waals surface area (Å²) in [6, 6.07) is 5.21. The van der Waals surface area contributed by atoms with Crippen LogP contribution in [-0.4, -0.2) is 42.4 Å². The highest BCUT2D eigenvalue weighted by atomic mass is 19.1. The Labute approximate surface area is 186 Å². The molecule has 0 bridgehead atoms. The second kappa shape index (κ2) is 8.96. The molecule has 2 heterocycles. The predicted molar refractivity (Wildman–Crippen MR) is 118 cm³/mol. The third kappa shape index (κ3) is 4.29. The molecule has 168 valence electrons. The number of hydrogen-bond acceptors (Lipinski definition) is 8. The quantitative estimate of drug-likeness (QED) is 0.746. The fraction of sp³-hybridized carbons (Fsp3) is 0.455. The summed E-state index contributed by atoms with van der Waals surface area (Å²) in [5.74, 6) is -0.378. The van der Waals surface area contributed by atoms with Crippen molar-refractivity contribution in [2.75, 3.05) is 35.6 Å². The molecule has 1 aromatic carbocycles. The van der Waals surface area contributed by atoms with Gasteiger partial charge >= 0.3 is 0 Å². The smallest absolute Gasteiger partial charge is 0.251 e. The molecular weight excluding hydrogens is 413 g/mol. The Morgan fingerprint density at radius 2 is 2.06 bits per heavy atom. The second-order valence-corrected chi connectivity index (χ2v) is 8.30. The molecule has 9 nitrogen and oxygen atoms in total. The number of anilines is 4. The molecular formula is C22H26FN7O2. The molecule has 3 N–H and O–H groups in total. The van der Waals surface area contributed by atoms with Crippen molar-refractivity contribution >= 4 is 29.0 Å². The van der Waals surface area contributed by atoms with Crippen LogP contribution in [0.1, 0.15) is 41.6 Å². The molecule has 1 aliphatic carbocycles. The molecule has 2 aliphatic rings. The summed E-state index contributed by atoms with van der Waals surface area (Å²) in [6.45, 7) is 2.54. The van der Waals surface area contributed by atoms with E-state index in [1.165, 1.54) is 12.1 Å². The minimum Gasteiger partial charge on any atom is -0.366 e. The number of fused-ring (bicyclic) bond motifs is 1. The monoisotopic (exact) mass is 439 g/mol. The maximum absolute atomic E-state index is 14.3. The van der Waals surface area contributed by atoms with Crippen LogP contribution in [-0.2, 0) is 4.74 Å². The third-order valence-corrected chi connectivity index (χ3v) is 6.09. The van der Waals surface area contributed by atoms with E-state index < -0.39 is 11.7 Å². The maximum atomic E-state index is 14.3. The van der Waals surface area contributed by atoms with Crippen molar-refractivity contribution in [1.82, 2.24) is 9.97 Å². The van der Waals surface area contributed by atoms with Gasteiger partial charge in [0, 0.05) is 24.7 Å². The average molecular weight is 439 g/mol. The van der Waals surface area contributed by atoms with E-state index in [0.29, 0.717) is 30.7 Å². The number of benzene rings is 1. The van der Waals surface area contributed by atoms with Crippen molar-refractivity contribution in [3.8, 4) is 6.07 Å². The molecule has 0 saturated heterocycles. The molecule has 1 saturated carbocycles. The molecule has 32 heavy (non-hydrogen) atoms. The van der Waals surface area contributed by atoms with Gasteiger partial charge in [0.2, 0.25) is 5.95 Å². The minimum atomic E-state index is -0.816. The molecule has 0 radical (unpaired) electrons. The number of hydrogen-bond donors (Lipinski definition) is 2. The van der Waals surface area contributed by atoms with Gasteiger partial charge in [-0.05, 0) is 50.3 Å². The van der Waals surface area contributed by atoms with Crippen molar-refractivity contribution in [3.63, 3.8) is 0 Å². The largest absolute Gasteiger partial charge is 0.366 e. The summed E-state index contributed by atoms with van der Waals surface area (Å²) >= 11 is 0. The summed E-state index contributed by atoms with van der Waals surface area (Å²) in [5, 5.41) is 12.3. The molecule has 0 atom stereocenters. The standard InChI is InChI=1S/C22H26FN7O2/c1-13-7-16(20(25)31)17(23)8-18(13)27-22-26-10-19-21(28-22)30(12-32-11-29(19)2)15-5-3-14(9-24)4-6-15/h7-8,10,14-15H,3-6,11-12H2,1-2H3,(H2,25,31)(H,26,27,28). The van der Waals surface area contributed by atoms with E-state index in [4.69, 9.17) is 15.5 Å². The number of nitrogens with zero attached hydrogens (tertiary/aromatic N) is 5. The number of nitrogens with two attached hydrogens (primary N) is 1. The first-order valence-electron chi connectivity index (χ1n) is 10.6. The lowest BCUT2D eigenvalue weighted by Gasteiger charge is -2.35. The number of primary amides is 1. The normalized spacial score (nSPS) is 20.8. The van der Waals surface area contributed by atoms with E-state index in [0.717, 1.165) is 37.2 Å². The van der Waals surface area contributed by atoms with Crippen LogP contribution in [0, 0.1) is 30.0 Å². The molecule has 0 unspecified atom stereocenters. The van der Waals surface area contributed by atoms with Crippen molar-refractivity contribution < 1.29 is 13.9 Å². The summed E-state index contributed by atoms with van der Waals surface area (Å²) < 4.78 is 20.1. The van der Waals surface area contributed by atoms with E-state index >= 15 is 0 Å². The molecule has 0 spiro atoms. The van der Waals surface area contributed by atoms with Crippen molar-refractivity contribution in [2.45, 2.75) is 38.6 Å². The Balaban J connectivity index is 1.64. The number of nitriles is 1. The topological polar surface area (TPSA) is 120 Å². The number of nitrogens with one attached hydrogen (secondary N) is 1. The zero-order chi connectivity index (χ0) is 22.8. The molecule has 1 amide bonds. The van der Waals surface area contributed by atoms with Gasteiger partial charge in [-0.3, -0.25) is 4.79 Å². The Hall–Kier alpha value is -3.45. The van der Waals surface area contributed by atoms with Crippen LogP contribution in [0.4, 0.5) is 27.5 Å². The van der Waals surface area contributed by atoms with E-state index in [1.807, 2.05) is 11.9 Å². The number of ether oxygens (including phenoxy) is 1. The predicted octanol–water partition coefficient (Wildman–Crippen LogP) is 3.04. The van der Waals surface area contributed by atoms with Crippen LogP contribution in [0.2, 0.25) is 0 Å². The molecule has 10 heteroatoms. The van der Waals surface area contributed by atoms with Gasteiger partial charge in [-0.2, -0.15) is 10.2 Å². The maximum Gasteiger partial charge on any atom is 0.251 e.